The van der Waals surface area contributed by atoms with Gasteiger partial charge in [-0.15, -0.1) is 0 Å². The summed E-state index contributed by atoms with van der Waals surface area (Å²) in [6.45, 7) is 1.12. The fraction of sp³-hybridized carbons (Fsp3) is 0.278. The Bertz CT molecular complexity index is 882. The number of carbonyl (C=O) groups excluding carboxylic acids is 2. The summed E-state index contributed by atoms with van der Waals surface area (Å²) in [6, 6.07) is 6.64. The lowest BCUT2D eigenvalue weighted by Crippen LogP contribution is -2.38. The maximum absolute atomic E-state index is 12.4. The van der Waals surface area contributed by atoms with Crippen LogP contribution in [0.2, 0.25) is 0 Å². The van der Waals surface area contributed by atoms with Crippen molar-refractivity contribution in [2.45, 2.75) is 6.54 Å². The first kappa shape index (κ1) is 16.2. The summed E-state index contributed by atoms with van der Waals surface area (Å²) in [7, 11) is 1.31. The largest absolute Gasteiger partial charge is 0.484 e. The van der Waals surface area contributed by atoms with Crippen molar-refractivity contribution in [1.82, 2.24) is 4.98 Å². The average molecular weight is 356 g/mol. The van der Waals surface area contributed by atoms with Crippen molar-refractivity contribution in [3.63, 3.8) is 0 Å². The van der Waals surface area contributed by atoms with E-state index in [-0.39, 0.29) is 19.1 Å². The number of ether oxygens (including phenoxy) is 4. The van der Waals surface area contributed by atoms with Gasteiger partial charge in [-0.1, -0.05) is 0 Å². The molecule has 134 valence electrons. The van der Waals surface area contributed by atoms with Crippen LogP contribution >= 0.6 is 0 Å². The van der Waals surface area contributed by atoms with Gasteiger partial charge in [0.1, 0.15) is 19.0 Å². The van der Waals surface area contributed by atoms with Crippen molar-refractivity contribution < 1.29 is 28.5 Å². The monoisotopic (exact) mass is 356 g/mol. The molecule has 0 atom stereocenters. The van der Waals surface area contributed by atoms with E-state index >= 15 is 0 Å². The minimum atomic E-state index is -0.480. The lowest BCUT2D eigenvalue weighted by atomic mass is 10.1. The third kappa shape index (κ3) is 2.90. The number of pyridine rings is 1. The highest BCUT2D eigenvalue weighted by atomic mass is 16.6. The van der Waals surface area contributed by atoms with Gasteiger partial charge < -0.3 is 23.8 Å². The molecule has 0 aliphatic carbocycles. The molecule has 26 heavy (non-hydrogen) atoms. The summed E-state index contributed by atoms with van der Waals surface area (Å²) >= 11 is 0. The first-order valence-corrected chi connectivity index (χ1v) is 8.06. The van der Waals surface area contributed by atoms with E-state index in [4.69, 9.17) is 18.9 Å². The smallest absolute Gasteiger partial charge is 0.337 e. The van der Waals surface area contributed by atoms with Gasteiger partial charge in [-0.3, -0.25) is 4.79 Å². The Labute approximate surface area is 149 Å². The van der Waals surface area contributed by atoms with Crippen molar-refractivity contribution in [2.24, 2.45) is 0 Å². The van der Waals surface area contributed by atoms with Crippen LogP contribution < -0.4 is 19.1 Å². The van der Waals surface area contributed by atoms with Gasteiger partial charge in [0.2, 0.25) is 0 Å². The SMILES string of the molecule is COC(=O)c1ccc2c(c1)N(Cc1cnc3c(c1)OCCO3)C(=O)CO2. The Morgan fingerprint density at radius 3 is 2.88 bits per heavy atom. The fourth-order valence-corrected chi connectivity index (χ4v) is 2.86. The van der Waals surface area contributed by atoms with E-state index in [2.05, 4.69) is 4.98 Å². The molecule has 2 aliphatic rings. The van der Waals surface area contributed by atoms with Crippen LogP contribution in [-0.2, 0) is 16.1 Å². The number of amides is 1. The van der Waals surface area contributed by atoms with E-state index in [1.807, 2.05) is 0 Å². The summed E-state index contributed by atoms with van der Waals surface area (Å²) in [5.41, 5.74) is 1.63. The minimum Gasteiger partial charge on any atom is -0.484 e. The highest BCUT2D eigenvalue weighted by molar-refractivity contribution is 6.00. The van der Waals surface area contributed by atoms with Gasteiger partial charge >= 0.3 is 5.97 Å². The van der Waals surface area contributed by atoms with E-state index in [0.717, 1.165) is 5.56 Å². The molecule has 1 aromatic heterocycles. The number of hydrogen-bond acceptors (Lipinski definition) is 7. The number of fused-ring (bicyclic) bond motifs is 2. The maximum atomic E-state index is 12.4. The summed E-state index contributed by atoms with van der Waals surface area (Å²) in [6.07, 6.45) is 1.64. The molecule has 4 rings (SSSR count). The quantitative estimate of drug-likeness (QED) is 0.771. The van der Waals surface area contributed by atoms with Crippen LogP contribution in [-0.4, -0.2) is 43.8 Å². The Balaban J connectivity index is 1.66. The van der Waals surface area contributed by atoms with E-state index < -0.39 is 5.97 Å². The Morgan fingerprint density at radius 1 is 1.19 bits per heavy atom. The second kappa shape index (κ2) is 6.55. The third-order valence-electron chi connectivity index (χ3n) is 4.12. The van der Waals surface area contributed by atoms with E-state index in [9.17, 15) is 9.59 Å². The molecule has 2 aliphatic heterocycles. The normalized spacial score (nSPS) is 15.1. The lowest BCUT2D eigenvalue weighted by molar-refractivity contribution is -0.121. The molecule has 0 saturated carbocycles. The average Bonchev–Trinajstić information content (AvgIpc) is 2.69. The van der Waals surface area contributed by atoms with Gasteiger partial charge in [0.25, 0.3) is 11.8 Å². The Hall–Kier alpha value is -3.29. The molecular formula is C18H16N2O6. The summed E-state index contributed by atoms with van der Waals surface area (Å²) in [4.78, 5) is 30.0. The molecule has 8 heteroatoms. The molecule has 0 spiro atoms. The second-order valence-corrected chi connectivity index (χ2v) is 5.79. The van der Waals surface area contributed by atoms with E-state index in [1.165, 1.54) is 7.11 Å². The van der Waals surface area contributed by atoms with Crippen LogP contribution in [0.15, 0.2) is 30.5 Å². The fourth-order valence-electron chi connectivity index (χ4n) is 2.86. The number of methoxy groups -OCH3 is 1. The second-order valence-electron chi connectivity index (χ2n) is 5.79. The van der Waals surface area contributed by atoms with Crippen LogP contribution in [0.1, 0.15) is 15.9 Å². The number of esters is 1. The zero-order valence-electron chi connectivity index (χ0n) is 14.1. The number of hydrogen-bond donors (Lipinski definition) is 0. The number of aromatic nitrogens is 1. The zero-order chi connectivity index (χ0) is 18.1. The van der Waals surface area contributed by atoms with E-state index in [1.54, 1.807) is 35.4 Å². The number of anilines is 1. The van der Waals surface area contributed by atoms with Crippen LogP contribution in [0.4, 0.5) is 5.69 Å². The lowest BCUT2D eigenvalue weighted by Gasteiger charge is -2.30. The van der Waals surface area contributed by atoms with Crippen LogP contribution in [0.5, 0.6) is 17.4 Å². The molecule has 0 unspecified atom stereocenters. The first-order chi connectivity index (χ1) is 12.7. The number of rotatable bonds is 3. The maximum Gasteiger partial charge on any atom is 0.337 e. The van der Waals surface area contributed by atoms with Crippen molar-refractivity contribution in [3.8, 4) is 17.4 Å². The molecule has 0 saturated heterocycles. The first-order valence-electron chi connectivity index (χ1n) is 8.06. The summed E-state index contributed by atoms with van der Waals surface area (Å²) < 4.78 is 21.2. The highest BCUT2D eigenvalue weighted by Crippen LogP contribution is 2.35. The molecule has 0 bridgehead atoms. The van der Waals surface area contributed by atoms with E-state index in [0.29, 0.717) is 41.8 Å². The molecule has 1 amide bonds. The molecule has 3 heterocycles. The molecule has 1 aromatic carbocycles. The van der Waals surface area contributed by atoms with Crippen LogP contribution in [0.25, 0.3) is 0 Å². The third-order valence-corrected chi connectivity index (χ3v) is 4.12. The molecule has 2 aromatic rings. The van der Waals surface area contributed by atoms with Gasteiger partial charge in [-0.05, 0) is 29.8 Å². The van der Waals surface area contributed by atoms with Gasteiger partial charge in [-0.25, -0.2) is 9.78 Å². The van der Waals surface area contributed by atoms with Crippen LogP contribution in [0.3, 0.4) is 0 Å². The standard InChI is InChI=1S/C18H16N2O6/c1-23-18(22)12-2-3-14-13(7-12)20(16(21)10-26-14)9-11-6-15-17(19-8-11)25-5-4-24-15/h2-3,6-8H,4-5,9-10H2,1H3. The molecule has 0 N–H and O–H groups in total. The predicted molar refractivity (Wildman–Crippen MR) is 89.7 cm³/mol. The van der Waals surface area contributed by atoms with Crippen molar-refractivity contribution in [2.75, 3.05) is 31.8 Å². The Morgan fingerprint density at radius 2 is 2.04 bits per heavy atom. The van der Waals surface area contributed by atoms with Crippen molar-refractivity contribution in [3.05, 3.63) is 41.6 Å². The van der Waals surface area contributed by atoms with Crippen molar-refractivity contribution >= 4 is 17.6 Å². The zero-order valence-corrected chi connectivity index (χ0v) is 14.1. The van der Waals surface area contributed by atoms with Gasteiger partial charge in [0.15, 0.2) is 12.4 Å². The Kier molecular flexibility index (Phi) is 4.08. The molecular weight excluding hydrogens is 340 g/mol. The summed E-state index contributed by atoms with van der Waals surface area (Å²) in [5.74, 6) is 0.837. The summed E-state index contributed by atoms with van der Waals surface area (Å²) in [5, 5.41) is 0. The number of nitrogens with zero attached hydrogens (tertiary/aromatic N) is 2. The van der Waals surface area contributed by atoms with Gasteiger partial charge in [0.05, 0.1) is 24.9 Å². The minimum absolute atomic E-state index is 0.0669. The number of carbonyl (C=O) groups is 2. The highest BCUT2D eigenvalue weighted by Gasteiger charge is 2.27. The van der Waals surface area contributed by atoms with Gasteiger partial charge in [0, 0.05) is 6.20 Å². The predicted octanol–water partition coefficient (Wildman–Crippen LogP) is 1.56. The van der Waals surface area contributed by atoms with Crippen molar-refractivity contribution in [1.29, 1.82) is 0 Å². The number of benzene rings is 1. The topological polar surface area (TPSA) is 87.2 Å². The molecule has 0 fully saturated rings. The molecule has 8 nitrogen and oxygen atoms in total. The molecule has 0 radical (unpaired) electrons. The van der Waals surface area contributed by atoms with Crippen LogP contribution in [0, 0.1) is 0 Å². The van der Waals surface area contributed by atoms with Gasteiger partial charge in [-0.2, -0.15) is 0 Å².